The van der Waals surface area contributed by atoms with Crippen molar-refractivity contribution in [2.45, 2.75) is 57.8 Å². The number of rotatable bonds is 13. The fraction of sp³-hybridized carbons (Fsp3) is 0.857. The molecule has 0 aromatic rings. The lowest BCUT2D eigenvalue weighted by atomic mass is 10.1. The second-order valence-electron chi connectivity index (χ2n) is 4.24. The van der Waals surface area contributed by atoms with E-state index in [9.17, 15) is 0 Å². The minimum atomic E-state index is 0.897. The van der Waals surface area contributed by atoms with E-state index in [-0.39, 0.29) is 0 Å². The molecule has 0 N–H and O–H groups in total. The normalized spacial score (nSPS) is 10.6. The van der Waals surface area contributed by atoms with Gasteiger partial charge in [-0.2, -0.15) is 12.6 Å². The maximum absolute atomic E-state index is 5.52. The second-order valence-corrected chi connectivity index (χ2v) is 4.69. The SMILES string of the molecule is C=CCCCOCCCCCCCCCS. The summed E-state index contributed by atoms with van der Waals surface area (Å²) in [6.07, 6.45) is 13.4. The minimum Gasteiger partial charge on any atom is -0.381 e. The Bertz CT molecular complexity index is 137. The van der Waals surface area contributed by atoms with Gasteiger partial charge in [0.15, 0.2) is 0 Å². The third-order valence-electron chi connectivity index (χ3n) is 2.64. The molecule has 0 bridgehead atoms. The van der Waals surface area contributed by atoms with Gasteiger partial charge in [0.1, 0.15) is 0 Å². The van der Waals surface area contributed by atoms with E-state index in [0.717, 1.165) is 31.8 Å². The molecule has 0 amide bonds. The van der Waals surface area contributed by atoms with Gasteiger partial charge < -0.3 is 4.74 Å². The van der Waals surface area contributed by atoms with Crippen LogP contribution in [-0.2, 0) is 4.74 Å². The quantitative estimate of drug-likeness (QED) is 0.282. The van der Waals surface area contributed by atoms with Crippen LogP contribution in [0.25, 0.3) is 0 Å². The van der Waals surface area contributed by atoms with E-state index < -0.39 is 0 Å². The molecule has 0 radical (unpaired) electrons. The first-order valence-corrected chi connectivity index (χ1v) is 7.34. The van der Waals surface area contributed by atoms with E-state index in [0.29, 0.717) is 0 Å². The average molecular weight is 244 g/mol. The molecule has 0 aliphatic carbocycles. The molecule has 0 aromatic heterocycles. The van der Waals surface area contributed by atoms with Gasteiger partial charge in [0.05, 0.1) is 0 Å². The van der Waals surface area contributed by atoms with Crippen LogP contribution in [0.4, 0.5) is 0 Å². The van der Waals surface area contributed by atoms with Gasteiger partial charge in [-0.1, -0.05) is 38.2 Å². The molecule has 0 spiro atoms. The second kappa shape index (κ2) is 15.0. The van der Waals surface area contributed by atoms with Crippen LogP contribution in [0, 0.1) is 0 Å². The van der Waals surface area contributed by atoms with Crippen LogP contribution in [-0.4, -0.2) is 19.0 Å². The Morgan fingerprint density at radius 2 is 1.38 bits per heavy atom. The van der Waals surface area contributed by atoms with Crippen LogP contribution in [0.5, 0.6) is 0 Å². The van der Waals surface area contributed by atoms with Crippen LogP contribution in [0.1, 0.15) is 57.8 Å². The summed E-state index contributed by atoms with van der Waals surface area (Å²) in [6, 6.07) is 0. The zero-order valence-electron chi connectivity index (χ0n) is 10.6. The van der Waals surface area contributed by atoms with E-state index in [4.69, 9.17) is 4.74 Å². The van der Waals surface area contributed by atoms with Gasteiger partial charge in [0.2, 0.25) is 0 Å². The highest BCUT2D eigenvalue weighted by atomic mass is 32.1. The third-order valence-corrected chi connectivity index (χ3v) is 2.96. The van der Waals surface area contributed by atoms with Crippen molar-refractivity contribution in [3.63, 3.8) is 0 Å². The van der Waals surface area contributed by atoms with Gasteiger partial charge in [-0.25, -0.2) is 0 Å². The number of hydrogen-bond donors (Lipinski definition) is 1. The van der Waals surface area contributed by atoms with Gasteiger partial charge in [0, 0.05) is 13.2 Å². The van der Waals surface area contributed by atoms with Crippen LogP contribution >= 0.6 is 12.6 Å². The van der Waals surface area contributed by atoms with Crippen molar-refractivity contribution in [1.29, 1.82) is 0 Å². The van der Waals surface area contributed by atoms with Gasteiger partial charge in [0.25, 0.3) is 0 Å². The van der Waals surface area contributed by atoms with Crippen molar-refractivity contribution < 1.29 is 4.74 Å². The van der Waals surface area contributed by atoms with Gasteiger partial charge in [-0.3, -0.25) is 0 Å². The monoisotopic (exact) mass is 244 g/mol. The highest BCUT2D eigenvalue weighted by molar-refractivity contribution is 7.80. The largest absolute Gasteiger partial charge is 0.381 e. The Labute approximate surface area is 107 Å². The van der Waals surface area contributed by atoms with Gasteiger partial charge >= 0.3 is 0 Å². The molecular formula is C14H28OS. The van der Waals surface area contributed by atoms with E-state index in [2.05, 4.69) is 19.2 Å². The van der Waals surface area contributed by atoms with Crippen LogP contribution in [0.2, 0.25) is 0 Å². The van der Waals surface area contributed by atoms with Gasteiger partial charge in [-0.05, 0) is 31.4 Å². The number of hydrogen-bond acceptors (Lipinski definition) is 2. The smallest absolute Gasteiger partial charge is 0.0468 e. The summed E-state index contributed by atoms with van der Waals surface area (Å²) in [4.78, 5) is 0. The summed E-state index contributed by atoms with van der Waals surface area (Å²) in [5.41, 5.74) is 0. The lowest BCUT2D eigenvalue weighted by Gasteiger charge is -2.03. The summed E-state index contributed by atoms with van der Waals surface area (Å²) in [5, 5.41) is 0. The molecule has 0 saturated carbocycles. The molecule has 0 aliphatic heterocycles. The molecule has 1 nitrogen and oxygen atoms in total. The highest BCUT2D eigenvalue weighted by Gasteiger charge is 1.92. The lowest BCUT2D eigenvalue weighted by Crippen LogP contribution is -1.96. The molecule has 2 heteroatoms. The first kappa shape index (κ1) is 16.1. The Balaban J connectivity index is 2.85. The lowest BCUT2D eigenvalue weighted by molar-refractivity contribution is 0.128. The average Bonchev–Trinajstić information content (AvgIpc) is 2.31. The zero-order chi connectivity index (χ0) is 11.9. The summed E-state index contributed by atoms with van der Waals surface area (Å²) >= 11 is 4.20. The first-order valence-electron chi connectivity index (χ1n) is 6.71. The fourth-order valence-corrected chi connectivity index (χ4v) is 1.86. The van der Waals surface area contributed by atoms with Crippen molar-refractivity contribution >= 4 is 12.6 Å². The van der Waals surface area contributed by atoms with E-state index in [1.807, 2.05) is 6.08 Å². The molecule has 0 aliphatic rings. The number of thiol groups is 1. The number of ether oxygens (including phenoxy) is 1. The molecule has 0 unspecified atom stereocenters. The van der Waals surface area contributed by atoms with Crippen molar-refractivity contribution in [1.82, 2.24) is 0 Å². The van der Waals surface area contributed by atoms with E-state index in [1.165, 1.54) is 44.9 Å². The highest BCUT2D eigenvalue weighted by Crippen LogP contribution is 2.07. The topological polar surface area (TPSA) is 9.23 Å². The van der Waals surface area contributed by atoms with E-state index >= 15 is 0 Å². The molecular weight excluding hydrogens is 216 g/mol. The molecule has 0 aromatic carbocycles. The minimum absolute atomic E-state index is 0.897. The fourth-order valence-electron chi connectivity index (χ4n) is 1.63. The van der Waals surface area contributed by atoms with Crippen molar-refractivity contribution in [3.05, 3.63) is 12.7 Å². The first-order chi connectivity index (χ1) is 7.91. The van der Waals surface area contributed by atoms with Crippen LogP contribution in [0.15, 0.2) is 12.7 Å². The maximum atomic E-state index is 5.52. The molecule has 0 fully saturated rings. The standard InChI is InChI=1S/C14H28OS/c1-2-3-9-12-15-13-10-7-5-4-6-8-11-14-16/h2,16H,1,3-14H2. The van der Waals surface area contributed by atoms with E-state index in [1.54, 1.807) is 0 Å². The molecule has 0 saturated heterocycles. The Morgan fingerprint density at radius 1 is 0.812 bits per heavy atom. The molecule has 0 atom stereocenters. The zero-order valence-corrected chi connectivity index (χ0v) is 11.5. The summed E-state index contributed by atoms with van der Waals surface area (Å²) in [7, 11) is 0. The number of allylic oxidation sites excluding steroid dienone is 1. The Kier molecular flexibility index (Phi) is 15.1. The van der Waals surface area contributed by atoms with Crippen molar-refractivity contribution in [2.24, 2.45) is 0 Å². The van der Waals surface area contributed by atoms with Crippen molar-refractivity contribution in [2.75, 3.05) is 19.0 Å². The summed E-state index contributed by atoms with van der Waals surface area (Å²) in [5.74, 6) is 1.04. The summed E-state index contributed by atoms with van der Waals surface area (Å²) in [6.45, 7) is 5.52. The third kappa shape index (κ3) is 14.1. The molecule has 0 heterocycles. The summed E-state index contributed by atoms with van der Waals surface area (Å²) < 4.78 is 5.52. The molecule has 16 heavy (non-hydrogen) atoms. The van der Waals surface area contributed by atoms with Crippen LogP contribution in [0.3, 0.4) is 0 Å². The Morgan fingerprint density at radius 3 is 2.00 bits per heavy atom. The number of unbranched alkanes of at least 4 members (excludes halogenated alkanes) is 7. The Hall–Kier alpha value is 0.0500. The van der Waals surface area contributed by atoms with Gasteiger partial charge in [-0.15, -0.1) is 6.58 Å². The maximum Gasteiger partial charge on any atom is 0.0468 e. The predicted molar refractivity (Wildman–Crippen MR) is 76.4 cm³/mol. The van der Waals surface area contributed by atoms with Crippen LogP contribution < -0.4 is 0 Å². The van der Waals surface area contributed by atoms with Crippen molar-refractivity contribution in [3.8, 4) is 0 Å². The molecule has 0 rings (SSSR count). The molecule has 96 valence electrons. The predicted octanol–water partition coefficient (Wildman–Crippen LogP) is 4.63.